The van der Waals surface area contributed by atoms with E-state index in [1.54, 1.807) is 6.20 Å². The molecule has 0 spiro atoms. The summed E-state index contributed by atoms with van der Waals surface area (Å²) in [6, 6.07) is 13.0. The van der Waals surface area contributed by atoms with E-state index in [0.29, 0.717) is 17.9 Å². The van der Waals surface area contributed by atoms with E-state index >= 15 is 0 Å². The number of hydrogen-bond acceptors (Lipinski definition) is 5. The Morgan fingerprint density at radius 3 is 2.67 bits per heavy atom. The highest BCUT2D eigenvalue weighted by Gasteiger charge is 2.23. The monoisotopic (exact) mass is 321 g/mol. The van der Waals surface area contributed by atoms with Gasteiger partial charge in [-0.2, -0.15) is 5.10 Å². The normalized spacial score (nSPS) is 12.0. The van der Waals surface area contributed by atoms with E-state index in [9.17, 15) is 14.9 Å². The molecule has 4 rings (SSSR count). The number of carbonyl (C=O) groups excluding carboxylic acids is 1. The van der Waals surface area contributed by atoms with Crippen LogP contribution in [0.1, 0.15) is 15.9 Å². The fraction of sp³-hybridized carbons (Fsp3) is 0.0588. The van der Waals surface area contributed by atoms with Crippen LogP contribution in [0, 0.1) is 10.1 Å². The van der Waals surface area contributed by atoms with Crippen molar-refractivity contribution < 1.29 is 14.5 Å². The van der Waals surface area contributed by atoms with Crippen LogP contribution in [-0.4, -0.2) is 20.6 Å². The van der Waals surface area contributed by atoms with E-state index in [0.717, 1.165) is 16.9 Å². The van der Waals surface area contributed by atoms with E-state index in [1.165, 1.54) is 28.9 Å². The maximum Gasteiger partial charge on any atom is 0.278 e. The summed E-state index contributed by atoms with van der Waals surface area (Å²) in [5, 5.41) is 15.1. The number of carbonyl (C=O) groups is 1. The van der Waals surface area contributed by atoms with Crippen molar-refractivity contribution in [1.29, 1.82) is 0 Å². The first-order valence-electron chi connectivity index (χ1n) is 7.23. The minimum Gasteiger partial charge on any atom is -0.488 e. The van der Waals surface area contributed by atoms with Crippen LogP contribution < -0.4 is 4.74 Å². The molecule has 1 aliphatic rings. The third kappa shape index (κ3) is 2.23. The third-order valence-corrected chi connectivity index (χ3v) is 3.85. The quantitative estimate of drug-likeness (QED) is 0.535. The second kappa shape index (κ2) is 5.31. The molecule has 0 radical (unpaired) electrons. The minimum absolute atomic E-state index is 0.0614. The zero-order chi connectivity index (χ0) is 16.7. The van der Waals surface area contributed by atoms with Crippen molar-refractivity contribution in [2.24, 2.45) is 0 Å². The van der Waals surface area contributed by atoms with E-state index in [-0.39, 0.29) is 11.6 Å². The van der Waals surface area contributed by atoms with Gasteiger partial charge in [-0.1, -0.05) is 12.1 Å². The highest BCUT2D eigenvalue weighted by atomic mass is 16.6. The molecular formula is C17H11N3O4. The van der Waals surface area contributed by atoms with Crippen LogP contribution in [0.5, 0.6) is 5.75 Å². The molecule has 0 atom stereocenters. The van der Waals surface area contributed by atoms with E-state index in [1.807, 2.05) is 24.3 Å². The summed E-state index contributed by atoms with van der Waals surface area (Å²) in [5.74, 6) is 0.384. The number of nitrogens with zero attached hydrogens (tertiary/aromatic N) is 3. The lowest BCUT2D eigenvalue weighted by Crippen LogP contribution is -2.12. The number of aromatic nitrogens is 2. The molecule has 3 aromatic rings. The summed E-state index contributed by atoms with van der Waals surface area (Å²) in [6.07, 6.45) is 1.63. The summed E-state index contributed by atoms with van der Waals surface area (Å²) in [4.78, 5) is 22.7. The third-order valence-electron chi connectivity index (χ3n) is 3.85. The topological polar surface area (TPSA) is 87.3 Å². The number of benzene rings is 2. The Hall–Kier alpha value is -3.48. The van der Waals surface area contributed by atoms with Gasteiger partial charge in [0.25, 0.3) is 11.6 Å². The van der Waals surface area contributed by atoms with Gasteiger partial charge in [-0.25, -0.2) is 4.68 Å². The molecule has 0 fully saturated rings. The Balaban J connectivity index is 1.70. The number of ether oxygens (including phenoxy) is 1. The van der Waals surface area contributed by atoms with Crippen LogP contribution in [0.4, 0.5) is 5.69 Å². The first-order chi connectivity index (χ1) is 11.6. The molecule has 0 bridgehead atoms. The molecular weight excluding hydrogens is 310 g/mol. The van der Waals surface area contributed by atoms with Crippen LogP contribution in [0.3, 0.4) is 0 Å². The standard InChI is InChI=1S/C17H11N3O4/c21-17(11-5-7-13(8-6-11)20(22)23)19-9-12-10-24-15-4-2-1-3-14(15)16(12)18-19/h1-9H,10H2. The second-order valence-corrected chi connectivity index (χ2v) is 5.34. The number of nitro benzene ring substituents is 1. The fourth-order valence-corrected chi connectivity index (χ4v) is 2.65. The van der Waals surface area contributed by atoms with Crippen molar-refractivity contribution in [2.45, 2.75) is 6.61 Å². The van der Waals surface area contributed by atoms with Gasteiger partial charge in [0.2, 0.25) is 0 Å². The molecule has 7 nitrogen and oxygen atoms in total. The molecule has 0 aliphatic carbocycles. The predicted molar refractivity (Wildman–Crippen MR) is 84.8 cm³/mol. The van der Waals surface area contributed by atoms with Crippen molar-refractivity contribution >= 4 is 11.6 Å². The van der Waals surface area contributed by atoms with Crippen molar-refractivity contribution in [3.63, 3.8) is 0 Å². The Bertz CT molecular complexity index is 960. The summed E-state index contributed by atoms with van der Waals surface area (Å²) in [6.45, 7) is 0.347. The number of non-ortho nitro benzene ring substituents is 1. The van der Waals surface area contributed by atoms with Crippen molar-refractivity contribution in [2.75, 3.05) is 0 Å². The fourth-order valence-electron chi connectivity index (χ4n) is 2.65. The Morgan fingerprint density at radius 1 is 1.17 bits per heavy atom. The SMILES string of the molecule is O=C(c1ccc([N+](=O)[O-])cc1)n1cc2c(n1)-c1ccccc1OC2. The van der Waals surface area contributed by atoms with Crippen LogP contribution in [0.25, 0.3) is 11.3 Å². The molecule has 1 aliphatic heterocycles. The van der Waals surface area contributed by atoms with Crippen LogP contribution in [0.2, 0.25) is 0 Å². The molecule has 7 heteroatoms. The Kier molecular flexibility index (Phi) is 3.13. The zero-order valence-corrected chi connectivity index (χ0v) is 12.4. The van der Waals surface area contributed by atoms with E-state index < -0.39 is 4.92 Å². The molecule has 2 aromatic carbocycles. The highest BCUT2D eigenvalue weighted by molar-refractivity contribution is 5.96. The number of rotatable bonds is 2. The summed E-state index contributed by atoms with van der Waals surface area (Å²) < 4.78 is 6.90. The van der Waals surface area contributed by atoms with Gasteiger partial charge in [-0.3, -0.25) is 14.9 Å². The van der Waals surface area contributed by atoms with Gasteiger partial charge >= 0.3 is 0 Å². The van der Waals surface area contributed by atoms with Gasteiger partial charge in [-0.15, -0.1) is 0 Å². The van der Waals surface area contributed by atoms with Crippen molar-refractivity contribution in [3.8, 4) is 17.0 Å². The highest BCUT2D eigenvalue weighted by Crippen LogP contribution is 2.36. The number of para-hydroxylation sites is 1. The smallest absolute Gasteiger partial charge is 0.278 e. The molecule has 24 heavy (non-hydrogen) atoms. The van der Waals surface area contributed by atoms with E-state index in [4.69, 9.17) is 4.74 Å². The van der Waals surface area contributed by atoms with Gasteiger partial charge in [0.15, 0.2) is 0 Å². The maximum absolute atomic E-state index is 12.5. The van der Waals surface area contributed by atoms with E-state index in [2.05, 4.69) is 5.10 Å². The summed E-state index contributed by atoms with van der Waals surface area (Å²) >= 11 is 0. The largest absolute Gasteiger partial charge is 0.488 e. The Labute approximate surface area is 136 Å². The lowest BCUT2D eigenvalue weighted by molar-refractivity contribution is -0.384. The van der Waals surface area contributed by atoms with Crippen LogP contribution in [0.15, 0.2) is 54.7 Å². The molecule has 0 unspecified atom stereocenters. The molecule has 2 heterocycles. The predicted octanol–water partition coefficient (Wildman–Crippen LogP) is 3.04. The molecule has 0 N–H and O–H groups in total. The average Bonchev–Trinajstić information content (AvgIpc) is 3.06. The molecule has 0 saturated heterocycles. The van der Waals surface area contributed by atoms with Gasteiger partial charge < -0.3 is 4.74 Å². The maximum atomic E-state index is 12.5. The first kappa shape index (κ1) is 14.1. The van der Waals surface area contributed by atoms with Gasteiger partial charge in [0.1, 0.15) is 18.1 Å². The van der Waals surface area contributed by atoms with Gasteiger partial charge in [0, 0.05) is 35.0 Å². The van der Waals surface area contributed by atoms with Crippen LogP contribution in [-0.2, 0) is 6.61 Å². The zero-order valence-electron chi connectivity index (χ0n) is 12.4. The summed E-state index contributed by atoms with van der Waals surface area (Å²) in [5.41, 5.74) is 2.65. The molecule has 0 amide bonds. The second-order valence-electron chi connectivity index (χ2n) is 5.34. The Morgan fingerprint density at radius 2 is 1.92 bits per heavy atom. The van der Waals surface area contributed by atoms with Gasteiger partial charge in [-0.05, 0) is 24.3 Å². The number of fused-ring (bicyclic) bond motifs is 3. The molecule has 0 saturated carbocycles. The first-order valence-corrected chi connectivity index (χ1v) is 7.23. The number of nitro groups is 1. The van der Waals surface area contributed by atoms with Crippen LogP contribution >= 0.6 is 0 Å². The molecule has 118 valence electrons. The van der Waals surface area contributed by atoms with Gasteiger partial charge in [0.05, 0.1) is 4.92 Å². The van der Waals surface area contributed by atoms with Crippen molar-refractivity contribution in [1.82, 2.24) is 9.78 Å². The van der Waals surface area contributed by atoms with Crippen molar-refractivity contribution in [3.05, 3.63) is 76.0 Å². The average molecular weight is 321 g/mol. The number of hydrogen-bond donors (Lipinski definition) is 0. The lowest BCUT2D eigenvalue weighted by atomic mass is 10.1. The minimum atomic E-state index is -0.505. The lowest BCUT2D eigenvalue weighted by Gasteiger charge is -2.15. The molecule has 1 aromatic heterocycles. The summed E-state index contributed by atoms with van der Waals surface area (Å²) in [7, 11) is 0.